The van der Waals surface area contributed by atoms with Gasteiger partial charge >= 0.3 is 0 Å². The van der Waals surface area contributed by atoms with Crippen molar-refractivity contribution >= 4 is 33.2 Å². The summed E-state index contributed by atoms with van der Waals surface area (Å²) in [5.41, 5.74) is 3.29. The summed E-state index contributed by atoms with van der Waals surface area (Å²) in [6, 6.07) is 12.6. The summed E-state index contributed by atoms with van der Waals surface area (Å²) >= 11 is 5.90. The molecular weight excluding hydrogens is 360 g/mol. The van der Waals surface area contributed by atoms with Crippen molar-refractivity contribution in [3.63, 3.8) is 0 Å². The molecule has 7 heteroatoms. The molecule has 0 heterocycles. The maximum Gasteiger partial charge on any atom is 0.239 e. The van der Waals surface area contributed by atoms with Gasteiger partial charge in [-0.15, -0.1) is 0 Å². The van der Waals surface area contributed by atoms with Crippen molar-refractivity contribution in [1.29, 1.82) is 0 Å². The second-order valence-corrected chi connectivity index (χ2v) is 8.45. The van der Waals surface area contributed by atoms with Gasteiger partial charge in [0.25, 0.3) is 0 Å². The van der Waals surface area contributed by atoms with Crippen LogP contribution in [0.15, 0.2) is 42.5 Å². The molecule has 0 aromatic heterocycles. The zero-order valence-electron chi connectivity index (χ0n) is 14.4. The van der Waals surface area contributed by atoms with Gasteiger partial charge in [-0.25, -0.2) is 8.42 Å². The Morgan fingerprint density at radius 1 is 1.16 bits per heavy atom. The Hall–Kier alpha value is -1.89. The second-order valence-electron chi connectivity index (χ2n) is 6.03. The first kappa shape index (κ1) is 19.4. The fraction of sp³-hybridized carbons (Fsp3) is 0.278. The van der Waals surface area contributed by atoms with Crippen molar-refractivity contribution in [2.45, 2.75) is 20.4 Å². The number of rotatable bonds is 6. The van der Waals surface area contributed by atoms with Crippen molar-refractivity contribution in [1.82, 2.24) is 4.31 Å². The zero-order valence-corrected chi connectivity index (χ0v) is 16.0. The lowest BCUT2D eigenvalue weighted by atomic mass is 10.1. The number of amides is 1. The Labute approximate surface area is 153 Å². The molecule has 1 N–H and O–H groups in total. The molecule has 0 aliphatic carbocycles. The van der Waals surface area contributed by atoms with E-state index in [0.29, 0.717) is 10.7 Å². The monoisotopic (exact) mass is 380 g/mol. The van der Waals surface area contributed by atoms with Gasteiger partial charge in [0.05, 0.1) is 12.8 Å². The highest BCUT2D eigenvalue weighted by Gasteiger charge is 2.21. The van der Waals surface area contributed by atoms with E-state index >= 15 is 0 Å². The number of carbonyl (C=O) groups excluding carboxylic acids is 1. The number of benzene rings is 2. The first-order chi connectivity index (χ1) is 11.6. The summed E-state index contributed by atoms with van der Waals surface area (Å²) in [6.45, 7) is 3.65. The third-order valence-corrected chi connectivity index (χ3v) is 5.12. The van der Waals surface area contributed by atoms with Crippen LogP contribution in [-0.4, -0.2) is 31.4 Å². The van der Waals surface area contributed by atoms with Crippen LogP contribution in [0.4, 0.5) is 5.69 Å². The smallest absolute Gasteiger partial charge is 0.239 e. The van der Waals surface area contributed by atoms with Crippen molar-refractivity contribution in [3.05, 3.63) is 64.2 Å². The number of carbonyl (C=O) groups is 1. The normalized spacial score (nSPS) is 11.6. The lowest BCUT2D eigenvalue weighted by Crippen LogP contribution is -2.37. The number of hydrogen-bond donors (Lipinski definition) is 1. The number of nitrogens with one attached hydrogen (secondary N) is 1. The number of halogens is 1. The van der Waals surface area contributed by atoms with Crippen LogP contribution < -0.4 is 5.32 Å². The predicted octanol–water partition coefficient (Wildman–Crippen LogP) is 3.36. The van der Waals surface area contributed by atoms with Gasteiger partial charge in [0.15, 0.2) is 0 Å². The first-order valence-corrected chi connectivity index (χ1v) is 9.94. The van der Waals surface area contributed by atoms with E-state index in [4.69, 9.17) is 11.6 Å². The largest absolute Gasteiger partial charge is 0.325 e. The molecule has 0 atom stereocenters. The average Bonchev–Trinajstić information content (AvgIpc) is 2.48. The van der Waals surface area contributed by atoms with E-state index in [1.54, 1.807) is 18.2 Å². The Kier molecular flexibility index (Phi) is 6.21. The third kappa shape index (κ3) is 5.85. The number of aryl methyl sites for hydroxylation is 2. The summed E-state index contributed by atoms with van der Waals surface area (Å²) < 4.78 is 25.3. The van der Waals surface area contributed by atoms with Gasteiger partial charge in [-0.2, -0.15) is 4.31 Å². The van der Waals surface area contributed by atoms with Crippen LogP contribution in [0.1, 0.15) is 16.7 Å². The quantitative estimate of drug-likeness (QED) is 0.835. The van der Waals surface area contributed by atoms with E-state index in [1.165, 1.54) is 0 Å². The molecular formula is C18H21ClN2O3S. The van der Waals surface area contributed by atoms with E-state index in [2.05, 4.69) is 5.32 Å². The van der Waals surface area contributed by atoms with Crippen LogP contribution in [0.25, 0.3) is 0 Å². The van der Waals surface area contributed by atoms with Gasteiger partial charge in [0.2, 0.25) is 15.9 Å². The molecule has 0 aliphatic heterocycles. The van der Waals surface area contributed by atoms with Crippen LogP contribution >= 0.6 is 11.6 Å². The highest BCUT2D eigenvalue weighted by atomic mass is 35.5. The van der Waals surface area contributed by atoms with Gasteiger partial charge in [-0.3, -0.25) is 4.79 Å². The summed E-state index contributed by atoms with van der Waals surface area (Å²) in [6.07, 6.45) is 1.10. The minimum atomic E-state index is -3.53. The molecule has 2 aromatic carbocycles. The van der Waals surface area contributed by atoms with Crippen molar-refractivity contribution in [3.8, 4) is 0 Å². The topological polar surface area (TPSA) is 66.5 Å². The molecule has 0 fully saturated rings. The van der Waals surface area contributed by atoms with E-state index in [1.807, 2.05) is 38.1 Å². The summed E-state index contributed by atoms with van der Waals surface area (Å²) in [7, 11) is -3.53. The van der Waals surface area contributed by atoms with Crippen LogP contribution in [0.5, 0.6) is 0 Å². The summed E-state index contributed by atoms with van der Waals surface area (Å²) in [5.74, 6) is -0.400. The molecule has 2 rings (SSSR count). The van der Waals surface area contributed by atoms with E-state index in [0.717, 1.165) is 27.3 Å². The Morgan fingerprint density at radius 3 is 2.48 bits per heavy atom. The third-order valence-electron chi connectivity index (χ3n) is 3.69. The molecule has 0 radical (unpaired) electrons. The molecule has 0 unspecified atom stereocenters. The second kappa shape index (κ2) is 7.99. The fourth-order valence-electron chi connectivity index (χ4n) is 2.42. The van der Waals surface area contributed by atoms with Crippen molar-refractivity contribution in [2.75, 3.05) is 18.1 Å². The van der Waals surface area contributed by atoms with E-state index < -0.39 is 15.9 Å². The SMILES string of the molecule is Cc1cccc(CN(CC(=O)Nc2ccc(Cl)cc2C)S(C)(=O)=O)c1. The molecule has 0 aliphatic rings. The molecule has 0 saturated heterocycles. The van der Waals surface area contributed by atoms with Crippen LogP contribution in [0, 0.1) is 13.8 Å². The van der Waals surface area contributed by atoms with E-state index in [9.17, 15) is 13.2 Å². The molecule has 0 spiro atoms. The first-order valence-electron chi connectivity index (χ1n) is 7.72. The maximum atomic E-state index is 12.3. The number of hydrogen-bond acceptors (Lipinski definition) is 3. The van der Waals surface area contributed by atoms with Crippen molar-refractivity contribution < 1.29 is 13.2 Å². The fourth-order valence-corrected chi connectivity index (χ4v) is 3.38. The van der Waals surface area contributed by atoms with Crippen molar-refractivity contribution in [2.24, 2.45) is 0 Å². The van der Waals surface area contributed by atoms with Crippen LogP contribution in [-0.2, 0) is 21.4 Å². The van der Waals surface area contributed by atoms with Gasteiger partial charge in [-0.1, -0.05) is 41.4 Å². The molecule has 5 nitrogen and oxygen atoms in total. The number of sulfonamides is 1. The van der Waals surface area contributed by atoms with Gasteiger partial charge in [-0.05, 0) is 43.2 Å². The van der Waals surface area contributed by atoms with Crippen LogP contribution in [0.3, 0.4) is 0 Å². The molecule has 0 bridgehead atoms. The zero-order chi connectivity index (χ0) is 18.6. The van der Waals surface area contributed by atoms with Gasteiger partial charge in [0.1, 0.15) is 0 Å². The Balaban J connectivity index is 2.12. The Morgan fingerprint density at radius 2 is 1.88 bits per heavy atom. The highest BCUT2D eigenvalue weighted by molar-refractivity contribution is 7.88. The molecule has 1 amide bonds. The lowest BCUT2D eigenvalue weighted by Gasteiger charge is -2.20. The molecule has 2 aromatic rings. The highest BCUT2D eigenvalue weighted by Crippen LogP contribution is 2.19. The maximum absolute atomic E-state index is 12.3. The summed E-state index contributed by atoms with van der Waals surface area (Å²) in [4.78, 5) is 12.3. The number of anilines is 1. The molecule has 0 saturated carbocycles. The standard InChI is InChI=1S/C18H21ClN2O3S/c1-13-5-4-6-15(9-13)11-21(25(3,23)24)12-18(22)20-17-8-7-16(19)10-14(17)2/h4-10H,11-12H2,1-3H3,(H,20,22). The van der Waals surface area contributed by atoms with Gasteiger partial charge < -0.3 is 5.32 Å². The predicted molar refractivity (Wildman–Crippen MR) is 101 cm³/mol. The summed E-state index contributed by atoms with van der Waals surface area (Å²) in [5, 5.41) is 3.31. The lowest BCUT2D eigenvalue weighted by molar-refractivity contribution is -0.116. The van der Waals surface area contributed by atoms with Crippen LogP contribution in [0.2, 0.25) is 5.02 Å². The molecule has 25 heavy (non-hydrogen) atoms. The molecule has 134 valence electrons. The minimum absolute atomic E-state index is 0.146. The van der Waals surface area contributed by atoms with Gasteiger partial charge in [0, 0.05) is 17.3 Å². The van der Waals surface area contributed by atoms with E-state index in [-0.39, 0.29) is 13.1 Å². The minimum Gasteiger partial charge on any atom is -0.325 e. The Bertz CT molecular complexity index is 882. The number of nitrogens with zero attached hydrogens (tertiary/aromatic N) is 1. The average molecular weight is 381 g/mol.